The van der Waals surface area contributed by atoms with Crippen molar-refractivity contribution >= 4 is 29.0 Å². The van der Waals surface area contributed by atoms with Gasteiger partial charge in [-0.3, -0.25) is 9.78 Å². The summed E-state index contributed by atoms with van der Waals surface area (Å²) in [5, 5.41) is 11.6. The predicted molar refractivity (Wildman–Crippen MR) is 138 cm³/mol. The number of aromatic amines is 1. The first kappa shape index (κ1) is 23.3. The van der Waals surface area contributed by atoms with Gasteiger partial charge in [-0.05, 0) is 31.9 Å². The largest absolute Gasteiger partial charge is 0.490 e. The van der Waals surface area contributed by atoms with E-state index in [-0.39, 0.29) is 11.7 Å². The van der Waals surface area contributed by atoms with Gasteiger partial charge in [0.25, 0.3) is 17.1 Å². The van der Waals surface area contributed by atoms with Crippen molar-refractivity contribution in [2.75, 3.05) is 18.5 Å². The fourth-order valence-corrected chi connectivity index (χ4v) is 4.48. The van der Waals surface area contributed by atoms with Crippen molar-refractivity contribution in [1.82, 2.24) is 14.6 Å². The van der Waals surface area contributed by atoms with E-state index in [1.165, 1.54) is 0 Å². The number of para-hydroxylation sites is 2. The van der Waals surface area contributed by atoms with Crippen LogP contribution in [-0.4, -0.2) is 34.6 Å². The van der Waals surface area contributed by atoms with Crippen LogP contribution in [0.2, 0.25) is 0 Å². The molecule has 176 valence electrons. The summed E-state index contributed by atoms with van der Waals surface area (Å²) in [5.74, 6) is 0.287. The standard InChI is InChI=1S/C27H30N4O3/c1-4-5-18-29(3)27-23-22(17-16-19(2)30(27)20-12-8-6-9-13-20)24(26(33)28-25(23)32)31(34)21-14-10-7-11-15-21/h6-15,17,19H,4-5,16,18H2,1-3H3,(H-,28,32,33,34)/p+1. The minimum atomic E-state index is -0.435. The summed E-state index contributed by atoms with van der Waals surface area (Å²) in [6, 6.07) is 18.7. The fourth-order valence-electron chi connectivity index (χ4n) is 4.48. The molecule has 1 aliphatic heterocycles. The Morgan fingerprint density at radius 1 is 1.12 bits per heavy atom. The van der Waals surface area contributed by atoms with Crippen LogP contribution >= 0.6 is 0 Å². The van der Waals surface area contributed by atoms with Crippen molar-refractivity contribution in [3.63, 3.8) is 0 Å². The molecule has 34 heavy (non-hydrogen) atoms. The van der Waals surface area contributed by atoms with E-state index in [1.54, 1.807) is 24.3 Å². The number of hydrogen-bond acceptors (Lipinski definition) is 5. The van der Waals surface area contributed by atoms with Crippen molar-refractivity contribution in [2.45, 2.75) is 39.2 Å². The lowest BCUT2D eigenvalue weighted by molar-refractivity contribution is 0.436. The number of nitrogens with one attached hydrogen (secondary N) is 1. The van der Waals surface area contributed by atoms with E-state index in [1.807, 2.05) is 49.5 Å². The zero-order valence-electron chi connectivity index (χ0n) is 19.9. The van der Waals surface area contributed by atoms with Crippen LogP contribution in [0.3, 0.4) is 0 Å². The van der Waals surface area contributed by atoms with Gasteiger partial charge in [0.2, 0.25) is 0 Å². The number of fused-ring (bicyclic) bond motifs is 1. The molecule has 7 heteroatoms. The number of nitrogens with zero attached hydrogens (tertiary/aromatic N) is 3. The average molecular weight is 460 g/mol. The molecule has 0 aliphatic carbocycles. The highest BCUT2D eigenvalue weighted by Gasteiger charge is 2.32. The molecule has 2 heterocycles. The Bertz CT molecular complexity index is 1350. The zero-order chi connectivity index (χ0) is 24.2. The molecule has 0 spiro atoms. The Kier molecular flexibility index (Phi) is 6.82. The number of aromatic nitrogens is 1. The third-order valence-corrected chi connectivity index (χ3v) is 6.20. The van der Waals surface area contributed by atoms with Gasteiger partial charge in [0, 0.05) is 42.4 Å². The monoisotopic (exact) mass is 459 g/mol. The molecule has 2 N–H and O–H groups in total. The number of hydrogen-bond donors (Lipinski definition) is 2. The molecule has 1 atom stereocenters. The van der Waals surface area contributed by atoms with Crippen molar-refractivity contribution in [3.8, 4) is 5.88 Å². The van der Waals surface area contributed by atoms with Crippen molar-refractivity contribution in [3.05, 3.63) is 86.4 Å². The van der Waals surface area contributed by atoms with Gasteiger partial charge in [-0.2, -0.15) is 0 Å². The smallest absolute Gasteiger partial charge is 0.330 e. The molecule has 1 aromatic heterocycles. The Morgan fingerprint density at radius 2 is 1.76 bits per heavy atom. The summed E-state index contributed by atoms with van der Waals surface area (Å²) < 4.78 is 0.688. The van der Waals surface area contributed by atoms with E-state index in [0.717, 1.165) is 30.9 Å². The van der Waals surface area contributed by atoms with Gasteiger partial charge in [0.15, 0.2) is 0 Å². The van der Waals surface area contributed by atoms with Gasteiger partial charge < -0.3 is 14.9 Å². The SMILES string of the molecule is CCCCN(C)C1=c2c(=O)[nH]c(O)c([N+](=O)c3ccccc3)c2=CCC(C)N1c1ccccc1. The van der Waals surface area contributed by atoms with Gasteiger partial charge in [-0.1, -0.05) is 55.8 Å². The minimum Gasteiger partial charge on any atom is -0.490 e. The molecule has 4 rings (SSSR count). The Balaban J connectivity index is 2.09. The topological polar surface area (TPSA) is 79.6 Å². The highest BCUT2D eigenvalue weighted by atomic mass is 16.3. The number of nitroso groups, excluding NO2 is 1. The van der Waals surface area contributed by atoms with Crippen molar-refractivity contribution < 1.29 is 5.11 Å². The zero-order valence-corrected chi connectivity index (χ0v) is 19.9. The summed E-state index contributed by atoms with van der Waals surface area (Å²) >= 11 is 0. The molecule has 1 aliphatic rings. The van der Waals surface area contributed by atoms with E-state index in [9.17, 15) is 14.8 Å². The van der Waals surface area contributed by atoms with Crippen LogP contribution in [-0.2, 0) is 0 Å². The predicted octanol–water partition coefficient (Wildman–Crippen LogP) is 3.56. The van der Waals surface area contributed by atoms with Crippen LogP contribution in [0.5, 0.6) is 5.88 Å². The molecule has 0 bridgehead atoms. The van der Waals surface area contributed by atoms with Crippen LogP contribution < -0.4 is 25.7 Å². The molecule has 0 saturated carbocycles. The second kappa shape index (κ2) is 9.95. The molecule has 3 aromatic rings. The van der Waals surface area contributed by atoms with Crippen LogP contribution in [0.15, 0.2) is 65.5 Å². The van der Waals surface area contributed by atoms with Crippen LogP contribution in [0, 0.1) is 4.91 Å². The second-order valence-corrected chi connectivity index (χ2v) is 8.66. The van der Waals surface area contributed by atoms with E-state index in [0.29, 0.717) is 27.3 Å². The van der Waals surface area contributed by atoms with Crippen molar-refractivity contribution in [2.24, 2.45) is 0 Å². The first-order valence-corrected chi connectivity index (χ1v) is 11.7. The maximum Gasteiger partial charge on any atom is 0.330 e. The van der Waals surface area contributed by atoms with Crippen molar-refractivity contribution in [1.29, 1.82) is 0 Å². The number of unbranched alkanes of at least 4 members (excludes halogenated alkanes) is 1. The molecular formula is C27H31N4O3+. The first-order valence-electron chi connectivity index (χ1n) is 11.7. The molecule has 0 fully saturated rings. The number of benzene rings is 2. The summed E-state index contributed by atoms with van der Waals surface area (Å²) in [7, 11) is 1.97. The number of H-pyrrole nitrogens is 1. The molecule has 1 unspecified atom stereocenters. The third-order valence-electron chi connectivity index (χ3n) is 6.20. The fraction of sp³-hybridized carbons (Fsp3) is 0.296. The molecule has 0 amide bonds. The number of aromatic hydroxyl groups is 1. The second-order valence-electron chi connectivity index (χ2n) is 8.66. The normalized spacial score (nSPS) is 15.3. The number of pyridine rings is 1. The van der Waals surface area contributed by atoms with E-state index in [2.05, 4.69) is 28.6 Å². The lowest BCUT2D eigenvalue weighted by Gasteiger charge is -2.37. The van der Waals surface area contributed by atoms with Crippen LogP contribution in [0.25, 0.3) is 11.9 Å². The highest BCUT2D eigenvalue weighted by Crippen LogP contribution is 2.28. The van der Waals surface area contributed by atoms with Crippen LogP contribution in [0.4, 0.5) is 17.1 Å². The quantitative estimate of drug-likeness (QED) is 0.528. The molecule has 0 saturated heterocycles. The highest BCUT2D eigenvalue weighted by molar-refractivity contribution is 5.71. The minimum absolute atomic E-state index is 0.0140. The lowest BCUT2D eigenvalue weighted by atomic mass is 10.1. The van der Waals surface area contributed by atoms with Gasteiger partial charge in [-0.15, -0.1) is 0 Å². The first-order chi connectivity index (χ1) is 16.4. The molecule has 7 nitrogen and oxygen atoms in total. The van der Waals surface area contributed by atoms with Gasteiger partial charge >= 0.3 is 5.69 Å². The molecular weight excluding hydrogens is 428 g/mol. The lowest BCUT2D eigenvalue weighted by Crippen LogP contribution is -2.50. The average Bonchev–Trinajstić information content (AvgIpc) is 3.00. The van der Waals surface area contributed by atoms with E-state index >= 15 is 0 Å². The molecule has 0 radical (unpaired) electrons. The maximum atomic E-state index is 13.4. The summed E-state index contributed by atoms with van der Waals surface area (Å²) in [4.78, 5) is 33.6. The maximum absolute atomic E-state index is 13.4. The van der Waals surface area contributed by atoms with Gasteiger partial charge in [0.1, 0.15) is 5.82 Å². The Labute approximate surface area is 198 Å². The Hall–Kier alpha value is -3.87. The summed E-state index contributed by atoms with van der Waals surface area (Å²) in [6.45, 7) is 4.97. The summed E-state index contributed by atoms with van der Waals surface area (Å²) in [5.41, 5.74) is 0.954. The van der Waals surface area contributed by atoms with E-state index < -0.39 is 11.4 Å². The van der Waals surface area contributed by atoms with E-state index in [4.69, 9.17) is 0 Å². The number of anilines is 1. The van der Waals surface area contributed by atoms with Crippen LogP contribution in [0.1, 0.15) is 33.1 Å². The summed E-state index contributed by atoms with van der Waals surface area (Å²) in [6.07, 6.45) is 4.45. The third kappa shape index (κ3) is 4.33. The van der Waals surface area contributed by atoms with Gasteiger partial charge in [0.05, 0.1) is 15.2 Å². The van der Waals surface area contributed by atoms with Gasteiger partial charge in [-0.25, -0.2) is 0 Å². The molecule has 2 aromatic carbocycles. The number of rotatable bonds is 7. The Morgan fingerprint density at radius 3 is 2.41 bits per heavy atom.